The van der Waals surface area contributed by atoms with Gasteiger partial charge < -0.3 is 19.9 Å². The molecule has 28 heavy (non-hydrogen) atoms. The first-order valence-corrected chi connectivity index (χ1v) is 9.33. The molecule has 2 aromatic rings. The number of rotatable bonds is 6. The van der Waals surface area contributed by atoms with Crippen molar-refractivity contribution in [2.24, 2.45) is 0 Å². The number of nitrogens with zero attached hydrogens (tertiary/aromatic N) is 4. The van der Waals surface area contributed by atoms with Gasteiger partial charge in [-0.05, 0) is 19.7 Å². The Bertz CT molecular complexity index is 819. The fraction of sp³-hybridized carbons (Fsp3) is 0.450. The molecule has 0 saturated heterocycles. The van der Waals surface area contributed by atoms with Crippen LogP contribution in [0.25, 0.3) is 0 Å². The minimum Gasteiger partial charge on any atom is -0.453 e. The van der Waals surface area contributed by atoms with E-state index in [-0.39, 0.29) is 5.91 Å². The fourth-order valence-electron chi connectivity index (χ4n) is 3.43. The Morgan fingerprint density at radius 1 is 1.25 bits per heavy atom. The maximum absolute atomic E-state index is 13.2. The molecule has 150 valence electrons. The highest BCUT2D eigenvalue weighted by atomic mass is 16.5. The highest BCUT2D eigenvalue weighted by molar-refractivity contribution is 5.86. The van der Waals surface area contributed by atoms with Crippen molar-refractivity contribution in [3.63, 3.8) is 0 Å². The second kappa shape index (κ2) is 8.88. The van der Waals surface area contributed by atoms with Crippen LogP contribution in [0, 0.1) is 0 Å². The quantitative estimate of drug-likeness (QED) is 0.810. The Balaban J connectivity index is 1.77. The standard InChI is InChI=1S/C20H27N5O3/c1-23(2)13-16-12-21-25-10-9-24(14-18(16)25)19(26)17(22-20(27)28-3)11-15-7-5-4-6-8-15/h4-8,12,17H,9-11,13-14H2,1-3H3,(H,22,27). The van der Waals surface area contributed by atoms with Gasteiger partial charge in [-0.25, -0.2) is 4.79 Å². The second-order valence-electron chi connectivity index (χ2n) is 7.22. The van der Waals surface area contributed by atoms with E-state index in [2.05, 4.69) is 15.3 Å². The molecular weight excluding hydrogens is 358 g/mol. The zero-order valence-electron chi connectivity index (χ0n) is 16.6. The van der Waals surface area contributed by atoms with Gasteiger partial charge in [-0.1, -0.05) is 30.3 Å². The lowest BCUT2D eigenvalue weighted by molar-refractivity contribution is -0.134. The number of fused-ring (bicyclic) bond motifs is 1. The Morgan fingerprint density at radius 3 is 2.68 bits per heavy atom. The summed E-state index contributed by atoms with van der Waals surface area (Å²) in [6.45, 7) is 2.45. The van der Waals surface area contributed by atoms with Crippen molar-refractivity contribution < 1.29 is 14.3 Å². The molecule has 2 amide bonds. The molecule has 1 unspecified atom stereocenters. The summed E-state index contributed by atoms with van der Waals surface area (Å²) in [6, 6.07) is 8.97. The fourth-order valence-corrected chi connectivity index (χ4v) is 3.43. The van der Waals surface area contributed by atoms with Gasteiger partial charge in [0.05, 0.1) is 32.1 Å². The van der Waals surface area contributed by atoms with Crippen molar-refractivity contribution in [2.75, 3.05) is 27.7 Å². The van der Waals surface area contributed by atoms with Gasteiger partial charge in [0.25, 0.3) is 0 Å². The lowest BCUT2D eigenvalue weighted by atomic mass is 10.0. The van der Waals surface area contributed by atoms with Gasteiger partial charge in [0, 0.05) is 25.1 Å². The van der Waals surface area contributed by atoms with E-state index in [9.17, 15) is 9.59 Å². The summed E-state index contributed by atoms with van der Waals surface area (Å²) in [5, 5.41) is 7.13. The molecule has 3 rings (SSSR count). The number of methoxy groups -OCH3 is 1. The van der Waals surface area contributed by atoms with Crippen LogP contribution in [0.1, 0.15) is 16.8 Å². The minimum atomic E-state index is -0.679. The highest BCUT2D eigenvalue weighted by Crippen LogP contribution is 2.19. The lowest BCUT2D eigenvalue weighted by Crippen LogP contribution is -2.51. The van der Waals surface area contributed by atoms with Gasteiger partial charge in [-0.2, -0.15) is 5.10 Å². The van der Waals surface area contributed by atoms with Crippen LogP contribution in [0.15, 0.2) is 36.5 Å². The number of benzene rings is 1. The molecule has 1 N–H and O–H groups in total. The Hall–Kier alpha value is -2.87. The zero-order valence-corrected chi connectivity index (χ0v) is 16.6. The summed E-state index contributed by atoms with van der Waals surface area (Å²) in [5.41, 5.74) is 3.14. The molecule has 0 saturated carbocycles. The van der Waals surface area contributed by atoms with E-state index >= 15 is 0 Å². The summed E-state index contributed by atoms with van der Waals surface area (Å²) in [7, 11) is 5.31. The molecule has 2 heterocycles. The molecular formula is C20H27N5O3. The summed E-state index contributed by atoms with van der Waals surface area (Å²) in [5.74, 6) is -0.113. The van der Waals surface area contributed by atoms with Crippen LogP contribution >= 0.6 is 0 Å². The summed E-state index contributed by atoms with van der Waals surface area (Å²) in [4.78, 5) is 28.9. The molecule has 1 aromatic heterocycles. The first-order valence-electron chi connectivity index (χ1n) is 9.33. The smallest absolute Gasteiger partial charge is 0.407 e. The zero-order chi connectivity index (χ0) is 20.1. The van der Waals surface area contributed by atoms with Crippen LogP contribution in [0.4, 0.5) is 4.79 Å². The number of aromatic nitrogens is 2. The van der Waals surface area contributed by atoms with Gasteiger partial charge >= 0.3 is 6.09 Å². The predicted molar refractivity (Wildman–Crippen MR) is 105 cm³/mol. The second-order valence-corrected chi connectivity index (χ2v) is 7.22. The van der Waals surface area contributed by atoms with Crippen LogP contribution in [-0.4, -0.2) is 65.4 Å². The largest absolute Gasteiger partial charge is 0.453 e. The van der Waals surface area contributed by atoms with Crippen LogP contribution < -0.4 is 5.32 Å². The third kappa shape index (κ3) is 4.69. The molecule has 0 aliphatic carbocycles. The lowest BCUT2D eigenvalue weighted by Gasteiger charge is -2.32. The molecule has 0 bridgehead atoms. The number of hydrogen-bond donors (Lipinski definition) is 1. The van der Waals surface area contributed by atoms with Gasteiger partial charge in [-0.3, -0.25) is 9.48 Å². The van der Waals surface area contributed by atoms with Crippen LogP contribution in [0.5, 0.6) is 0 Å². The predicted octanol–water partition coefficient (Wildman–Crippen LogP) is 1.25. The normalized spacial score (nSPS) is 14.5. The summed E-state index contributed by atoms with van der Waals surface area (Å²) < 4.78 is 6.68. The SMILES string of the molecule is COC(=O)NC(Cc1ccccc1)C(=O)N1CCn2ncc(CN(C)C)c2C1. The minimum absolute atomic E-state index is 0.113. The third-order valence-electron chi connectivity index (χ3n) is 4.81. The van der Waals surface area contributed by atoms with E-state index in [1.54, 1.807) is 4.90 Å². The number of hydrogen-bond acceptors (Lipinski definition) is 5. The maximum atomic E-state index is 13.2. The topological polar surface area (TPSA) is 79.7 Å². The number of carbonyl (C=O) groups is 2. The van der Waals surface area contributed by atoms with E-state index in [1.807, 2.05) is 55.3 Å². The van der Waals surface area contributed by atoms with Gasteiger partial charge in [0.15, 0.2) is 0 Å². The van der Waals surface area contributed by atoms with Crippen LogP contribution in [0.2, 0.25) is 0 Å². The molecule has 1 aliphatic rings. The van der Waals surface area contributed by atoms with Crippen molar-refractivity contribution in [1.82, 2.24) is 24.9 Å². The number of alkyl carbamates (subject to hydrolysis) is 1. The Labute approximate surface area is 165 Å². The van der Waals surface area contributed by atoms with Crippen LogP contribution in [0.3, 0.4) is 0 Å². The van der Waals surface area contributed by atoms with E-state index in [4.69, 9.17) is 4.74 Å². The van der Waals surface area contributed by atoms with Crippen LogP contribution in [-0.2, 0) is 35.6 Å². The van der Waals surface area contributed by atoms with Gasteiger partial charge in [0.2, 0.25) is 5.91 Å². The van der Waals surface area contributed by atoms with Crippen molar-refractivity contribution in [2.45, 2.75) is 32.1 Å². The Morgan fingerprint density at radius 2 is 2.00 bits per heavy atom. The average molecular weight is 385 g/mol. The van der Waals surface area contributed by atoms with E-state index < -0.39 is 12.1 Å². The molecule has 8 nitrogen and oxygen atoms in total. The van der Waals surface area contributed by atoms with Crippen molar-refractivity contribution in [3.8, 4) is 0 Å². The van der Waals surface area contributed by atoms with Crippen molar-refractivity contribution in [1.29, 1.82) is 0 Å². The van der Waals surface area contributed by atoms with Gasteiger partial charge in [0.1, 0.15) is 6.04 Å². The maximum Gasteiger partial charge on any atom is 0.407 e. The molecule has 1 aromatic carbocycles. The summed E-state index contributed by atoms with van der Waals surface area (Å²) >= 11 is 0. The third-order valence-corrected chi connectivity index (χ3v) is 4.81. The highest BCUT2D eigenvalue weighted by Gasteiger charge is 2.30. The number of ether oxygens (including phenoxy) is 1. The monoisotopic (exact) mass is 385 g/mol. The van der Waals surface area contributed by atoms with Gasteiger partial charge in [-0.15, -0.1) is 0 Å². The molecule has 1 atom stereocenters. The van der Waals surface area contributed by atoms with Crippen molar-refractivity contribution in [3.05, 3.63) is 53.3 Å². The first-order chi connectivity index (χ1) is 13.5. The molecule has 0 radical (unpaired) electrons. The van der Waals surface area contributed by atoms with E-state index in [1.165, 1.54) is 7.11 Å². The molecule has 0 fully saturated rings. The molecule has 1 aliphatic heterocycles. The molecule has 8 heteroatoms. The average Bonchev–Trinajstić information content (AvgIpc) is 3.09. The van der Waals surface area contributed by atoms with E-state index in [0.717, 1.165) is 23.4 Å². The number of carbonyl (C=O) groups excluding carboxylic acids is 2. The summed E-state index contributed by atoms with van der Waals surface area (Å²) in [6.07, 6.45) is 1.68. The first kappa shape index (κ1) is 19.9. The number of amides is 2. The number of nitrogens with one attached hydrogen (secondary N) is 1. The van der Waals surface area contributed by atoms with Crippen molar-refractivity contribution >= 4 is 12.0 Å². The molecule has 0 spiro atoms. The Kier molecular flexibility index (Phi) is 6.30. The van der Waals surface area contributed by atoms with E-state index in [0.29, 0.717) is 26.1 Å².